The molecule has 0 bridgehead atoms. The van der Waals surface area contributed by atoms with Gasteiger partial charge in [0.05, 0.1) is 29.7 Å². The summed E-state index contributed by atoms with van der Waals surface area (Å²) in [6, 6.07) is 15.2. The Morgan fingerprint density at radius 1 is 1.03 bits per heavy atom. The molecule has 1 aliphatic rings. The lowest BCUT2D eigenvalue weighted by atomic mass is 10.1. The van der Waals surface area contributed by atoms with Crippen molar-refractivity contribution in [1.82, 2.24) is 15.1 Å². The van der Waals surface area contributed by atoms with E-state index >= 15 is 0 Å². The molecule has 2 aromatic carbocycles. The van der Waals surface area contributed by atoms with Crippen LogP contribution in [0.2, 0.25) is 0 Å². The summed E-state index contributed by atoms with van der Waals surface area (Å²) >= 11 is 1.45. The highest BCUT2D eigenvalue weighted by Gasteiger charge is 2.35. The smallest absolute Gasteiger partial charge is 0.342 e. The summed E-state index contributed by atoms with van der Waals surface area (Å²) in [7, 11) is 1.43. The molecule has 0 unspecified atom stereocenters. The maximum Gasteiger partial charge on any atom is 0.342 e. The largest absolute Gasteiger partial charge is 0.496 e. The number of rotatable bonds is 7. The van der Waals surface area contributed by atoms with Crippen LogP contribution in [0.5, 0.6) is 5.75 Å². The van der Waals surface area contributed by atoms with Crippen LogP contribution in [0.4, 0.5) is 0 Å². The Labute approximate surface area is 197 Å². The van der Waals surface area contributed by atoms with Crippen LogP contribution in [0.25, 0.3) is 10.8 Å². The van der Waals surface area contributed by atoms with E-state index in [-0.39, 0.29) is 36.4 Å². The number of ether oxygens (including phenoxy) is 2. The van der Waals surface area contributed by atoms with Crippen LogP contribution in [-0.2, 0) is 17.9 Å². The van der Waals surface area contributed by atoms with E-state index in [1.807, 2.05) is 17.5 Å². The van der Waals surface area contributed by atoms with Gasteiger partial charge < -0.3 is 13.9 Å². The molecule has 0 aliphatic carbocycles. The standard InChI is InChI=1S/C24H17N3O6S/c1-31-18-9-8-14(12-27-22(28)15-5-2-3-6-16(15)23(27)29)11-17(18)24(30)32-13-20-25-26-21(33-20)19-7-4-10-34-19/h2-11H,12-13H2,1H3. The van der Waals surface area contributed by atoms with Crippen molar-refractivity contribution in [3.63, 3.8) is 0 Å². The van der Waals surface area contributed by atoms with Gasteiger partial charge >= 0.3 is 5.97 Å². The summed E-state index contributed by atoms with van der Waals surface area (Å²) in [5.41, 5.74) is 1.44. The van der Waals surface area contributed by atoms with E-state index in [4.69, 9.17) is 13.9 Å². The van der Waals surface area contributed by atoms with Crippen molar-refractivity contribution < 1.29 is 28.3 Å². The molecule has 9 nitrogen and oxygen atoms in total. The molecule has 5 rings (SSSR count). The Bertz CT molecular complexity index is 1360. The number of fused-ring (bicyclic) bond motifs is 1. The number of amides is 2. The van der Waals surface area contributed by atoms with Crippen LogP contribution >= 0.6 is 11.3 Å². The molecule has 0 atom stereocenters. The summed E-state index contributed by atoms with van der Waals surface area (Å²) in [6.07, 6.45) is 0. The molecule has 0 radical (unpaired) electrons. The maximum absolute atomic E-state index is 12.8. The van der Waals surface area contributed by atoms with Gasteiger partial charge in [-0.05, 0) is 41.3 Å². The Balaban J connectivity index is 1.31. The van der Waals surface area contributed by atoms with Gasteiger partial charge in [0.2, 0.25) is 0 Å². The molecule has 0 N–H and O–H groups in total. The van der Waals surface area contributed by atoms with Gasteiger partial charge in [-0.25, -0.2) is 4.79 Å². The van der Waals surface area contributed by atoms with Crippen molar-refractivity contribution in [2.24, 2.45) is 0 Å². The van der Waals surface area contributed by atoms with Gasteiger partial charge in [0.15, 0.2) is 6.61 Å². The number of hydrogen-bond donors (Lipinski definition) is 0. The predicted octanol–water partition coefficient (Wildman–Crippen LogP) is 3.96. The van der Waals surface area contributed by atoms with E-state index in [9.17, 15) is 14.4 Å². The number of aromatic nitrogens is 2. The van der Waals surface area contributed by atoms with Crippen LogP contribution in [0.3, 0.4) is 0 Å². The number of benzene rings is 2. The third kappa shape index (κ3) is 3.95. The zero-order valence-corrected chi connectivity index (χ0v) is 18.7. The highest BCUT2D eigenvalue weighted by molar-refractivity contribution is 7.13. The van der Waals surface area contributed by atoms with Gasteiger partial charge in [-0.15, -0.1) is 21.5 Å². The quantitative estimate of drug-likeness (QED) is 0.292. The molecule has 0 spiro atoms. The van der Waals surface area contributed by atoms with E-state index in [1.165, 1.54) is 24.5 Å². The SMILES string of the molecule is COc1ccc(CN2C(=O)c3ccccc3C2=O)cc1C(=O)OCc1nnc(-c2cccs2)o1. The minimum absolute atomic E-state index is 0.00442. The van der Waals surface area contributed by atoms with Gasteiger partial charge in [-0.1, -0.05) is 24.3 Å². The van der Waals surface area contributed by atoms with Gasteiger partial charge in [0.1, 0.15) is 11.3 Å². The molecule has 2 aromatic heterocycles. The van der Waals surface area contributed by atoms with Crippen LogP contribution in [0.1, 0.15) is 42.5 Å². The van der Waals surface area contributed by atoms with Crippen molar-refractivity contribution in [2.45, 2.75) is 13.2 Å². The van der Waals surface area contributed by atoms with Gasteiger partial charge in [-0.2, -0.15) is 0 Å². The molecular formula is C24H17N3O6S. The Morgan fingerprint density at radius 3 is 2.47 bits per heavy atom. The van der Waals surface area contributed by atoms with E-state index in [0.717, 1.165) is 9.78 Å². The van der Waals surface area contributed by atoms with E-state index in [0.29, 0.717) is 28.3 Å². The van der Waals surface area contributed by atoms with Gasteiger partial charge in [0, 0.05) is 0 Å². The number of hydrogen-bond acceptors (Lipinski definition) is 9. The average molecular weight is 475 g/mol. The topological polar surface area (TPSA) is 112 Å². The zero-order chi connectivity index (χ0) is 23.7. The normalized spacial score (nSPS) is 12.7. The number of thiophene rings is 1. The second-order valence-electron chi connectivity index (χ2n) is 7.33. The number of methoxy groups -OCH3 is 1. The lowest BCUT2D eigenvalue weighted by molar-refractivity contribution is 0.0435. The van der Waals surface area contributed by atoms with Gasteiger partial charge in [0.25, 0.3) is 23.6 Å². The highest BCUT2D eigenvalue weighted by Crippen LogP contribution is 2.27. The van der Waals surface area contributed by atoms with Crippen LogP contribution < -0.4 is 4.74 Å². The van der Waals surface area contributed by atoms with Gasteiger partial charge in [-0.3, -0.25) is 14.5 Å². The van der Waals surface area contributed by atoms with Crippen molar-refractivity contribution in [2.75, 3.05) is 7.11 Å². The summed E-state index contributed by atoms with van der Waals surface area (Å²) in [4.78, 5) is 40.1. The summed E-state index contributed by atoms with van der Waals surface area (Å²) in [5.74, 6) is -0.630. The predicted molar refractivity (Wildman–Crippen MR) is 120 cm³/mol. The number of imide groups is 1. The molecule has 34 heavy (non-hydrogen) atoms. The molecule has 3 heterocycles. The molecule has 170 valence electrons. The minimum Gasteiger partial charge on any atom is -0.496 e. The third-order valence-corrected chi connectivity index (χ3v) is 6.09. The van der Waals surface area contributed by atoms with Crippen molar-refractivity contribution >= 4 is 29.1 Å². The van der Waals surface area contributed by atoms with Crippen LogP contribution in [0, 0.1) is 0 Å². The minimum atomic E-state index is -0.670. The Hall–Kier alpha value is -4.31. The molecule has 0 saturated heterocycles. The molecule has 0 saturated carbocycles. The van der Waals surface area contributed by atoms with Crippen molar-refractivity contribution in [3.05, 3.63) is 88.1 Å². The van der Waals surface area contributed by atoms with E-state index < -0.39 is 5.97 Å². The van der Waals surface area contributed by atoms with Crippen molar-refractivity contribution in [3.8, 4) is 16.5 Å². The lowest BCUT2D eigenvalue weighted by Gasteiger charge is -2.15. The zero-order valence-electron chi connectivity index (χ0n) is 17.9. The first-order chi connectivity index (χ1) is 16.5. The van der Waals surface area contributed by atoms with E-state index in [2.05, 4.69) is 10.2 Å². The van der Waals surface area contributed by atoms with E-state index in [1.54, 1.807) is 36.4 Å². The average Bonchev–Trinajstić information content (AvgIpc) is 3.61. The monoisotopic (exact) mass is 475 g/mol. The summed E-state index contributed by atoms with van der Waals surface area (Å²) in [5, 5.41) is 9.75. The Kier molecular flexibility index (Phi) is 5.64. The third-order valence-electron chi connectivity index (χ3n) is 5.23. The second-order valence-corrected chi connectivity index (χ2v) is 8.28. The number of carbonyl (C=O) groups is 3. The first-order valence-corrected chi connectivity index (χ1v) is 11.1. The Morgan fingerprint density at radius 2 is 1.79 bits per heavy atom. The molecule has 1 aliphatic heterocycles. The second kappa shape index (κ2) is 8.91. The molecule has 4 aromatic rings. The summed E-state index contributed by atoms with van der Waals surface area (Å²) in [6.45, 7) is -0.215. The fourth-order valence-electron chi connectivity index (χ4n) is 3.60. The number of esters is 1. The summed E-state index contributed by atoms with van der Waals surface area (Å²) < 4.78 is 16.2. The van der Waals surface area contributed by atoms with Crippen molar-refractivity contribution in [1.29, 1.82) is 0 Å². The van der Waals surface area contributed by atoms with Crippen LogP contribution in [0.15, 0.2) is 64.4 Å². The number of carbonyl (C=O) groups excluding carboxylic acids is 3. The number of nitrogens with zero attached hydrogens (tertiary/aromatic N) is 3. The fourth-order valence-corrected chi connectivity index (χ4v) is 4.24. The molecular weight excluding hydrogens is 458 g/mol. The fraction of sp³-hybridized carbons (Fsp3) is 0.125. The first-order valence-electron chi connectivity index (χ1n) is 10.2. The molecule has 0 fully saturated rings. The van der Waals surface area contributed by atoms with Crippen LogP contribution in [-0.4, -0.2) is 40.0 Å². The first kappa shape index (κ1) is 21.5. The molecule has 2 amide bonds. The highest BCUT2D eigenvalue weighted by atomic mass is 32.1. The molecule has 10 heteroatoms. The maximum atomic E-state index is 12.8. The lowest BCUT2D eigenvalue weighted by Crippen LogP contribution is -2.29.